The molecule has 0 bridgehead atoms. The Kier molecular flexibility index (Phi) is 8.18. The highest BCUT2D eigenvalue weighted by Crippen LogP contribution is 2.38. The van der Waals surface area contributed by atoms with Gasteiger partial charge in [-0.2, -0.15) is 0 Å². The van der Waals surface area contributed by atoms with E-state index in [4.69, 9.17) is 32.7 Å². The van der Waals surface area contributed by atoms with E-state index in [1.54, 1.807) is 42.3 Å². The standard InChI is InChI=1S/C23H23Cl2N3O4S/c1-5-10-27(2)22(30)20-13-26-23(33-20)28(15-7-9-18(31-3)19(12-15)32-4)21(29)16-8-6-14(24)11-17(16)25/h6-9,11-13H,5,10H2,1-4H3. The monoisotopic (exact) mass is 507 g/mol. The van der Waals surface area contributed by atoms with Gasteiger partial charge in [-0.1, -0.05) is 41.5 Å². The molecular formula is C23H23Cl2N3O4S. The van der Waals surface area contributed by atoms with Crippen molar-refractivity contribution in [2.24, 2.45) is 0 Å². The second kappa shape index (κ2) is 10.9. The normalized spacial score (nSPS) is 10.6. The molecule has 0 spiro atoms. The smallest absolute Gasteiger partial charge is 0.266 e. The fourth-order valence-electron chi connectivity index (χ4n) is 3.15. The summed E-state index contributed by atoms with van der Waals surface area (Å²) in [5, 5.41) is 0.926. The van der Waals surface area contributed by atoms with Crippen molar-refractivity contribution in [3.05, 3.63) is 63.1 Å². The minimum absolute atomic E-state index is 0.162. The molecule has 174 valence electrons. The van der Waals surface area contributed by atoms with E-state index in [1.165, 1.54) is 31.4 Å². The van der Waals surface area contributed by atoms with Crippen molar-refractivity contribution in [1.29, 1.82) is 0 Å². The number of methoxy groups -OCH3 is 2. The van der Waals surface area contributed by atoms with Crippen LogP contribution in [-0.2, 0) is 0 Å². The van der Waals surface area contributed by atoms with Crippen LogP contribution in [-0.4, -0.2) is 49.5 Å². The number of hydrogen-bond donors (Lipinski definition) is 0. The molecule has 0 aliphatic carbocycles. The van der Waals surface area contributed by atoms with Crippen LogP contribution < -0.4 is 14.4 Å². The highest BCUT2D eigenvalue weighted by Gasteiger charge is 2.27. The van der Waals surface area contributed by atoms with Gasteiger partial charge in [0, 0.05) is 24.7 Å². The summed E-state index contributed by atoms with van der Waals surface area (Å²) in [6.45, 7) is 2.61. The molecule has 2 amide bonds. The fraction of sp³-hybridized carbons (Fsp3) is 0.261. The number of carbonyl (C=O) groups excluding carboxylic acids is 2. The van der Waals surface area contributed by atoms with Gasteiger partial charge in [0.1, 0.15) is 4.88 Å². The average Bonchev–Trinajstić information content (AvgIpc) is 3.28. The molecule has 3 aromatic rings. The molecule has 1 heterocycles. The zero-order valence-corrected chi connectivity index (χ0v) is 20.9. The highest BCUT2D eigenvalue weighted by molar-refractivity contribution is 7.17. The van der Waals surface area contributed by atoms with Gasteiger partial charge in [-0.25, -0.2) is 4.98 Å². The number of carbonyl (C=O) groups is 2. The number of benzene rings is 2. The lowest BCUT2D eigenvalue weighted by Gasteiger charge is -2.22. The van der Waals surface area contributed by atoms with Crippen LogP contribution in [0.4, 0.5) is 10.8 Å². The molecule has 0 unspecified atom stereocenters. The predicted molar refractivity (Wildman–Crippen MR) is 132 cm³/mol. The molecule has 0 saturated carbocycles. The number of nitrogens with zero attached hydrogens (tertiary/aromatic N) is 3. The van der Waals surface area contributed by atoms with Crippen LogP contribution in [0.3, 0.4) is 0 Å². The Morgan fingerprint density at radius 1 is 1.03 bits per heavy atom. The first-order valence-electron chi connectivity index (χ1n) is 10.0. The van der Waals surface area contributed by atoms with Crippen LogP contribution in [0, 0.1) is 0 Å². The van der Waals surface area contributed by atoms with E-state index >= 15 is 0 Å². The minimum atomic E-state index is -0.431. The Bertz CT molecular complexity index is 1170. The number of rotatable bonds is 8. The second-order valence-electron chi connectivity index (χ2n) is 7.04. The van der Waals surface area contributed by atoms with Crippen LogP contribution in [0.5, 0.6) is 11.5 Å². The Morgan fingerprint density at radius 3 is 2.39 bits per heavy atom. The number of ether oxygens (including phenoxy) is 2. The summed E-state index contributed by atoms with van der Waals surface area (Å²) in [6, 6.07) is 9.69. The molecule has 33 heavy (non-hydrogen) atoms. The summed E-state index contributed by atoms with van der Waals surface area (Å²) in [6.07, 6.45) is 2.30. The molecule has 7 nitrogen and oxygen atoms in total. The third-order valence-corrected chi connectivity index (χ3v) is 6.31. The maximum absolute atomic E-state index is 13.6. The molecule has 2 aromatic carbocycles. The number of hydrogen-bond acceptors (Lipinski definition) is 6. The van der Waals surface area contributed by atoms with Gasteiger partial charge in [-0.05, 0) is 36.8 Å². The van der Waals surface area contributed by atoms with E-state index in [-0.39, 0.29) is 16.5 Å². The van der Waals surface area contributed by atoms with Crippen LogP contribution in [0.15, 0.2) is 42.6 Å². The Balaban J connectivity index is 2.10. The lowest BCUT2D eigenvalue weighted by Crippen LogP contribution is -2.27. The first-order valence-corrected chi connectivity index (χ1v) is 11.6. The van der Waals surface area contributed by atoms with Crippen molar-refractivity contribution in [3.63, 3.8) is 0 Å². The van der Waals surface area contributed by atoms with Gasteiger partial charge in [-0.3, -0.25) is 14.5 Å². The van der Waals surface area contributed by atoms with E-state index < -0.39 is 5.91 Å². The van der Waals surface area contributed by atoms with E-state index in [0.29, 0.717) is 38.8 Å². The van der Waals surface area contributed by atoms with E-state index in [1.807, 2.05) is 6.92 Å². The summed E-state index contributed by atoms with van der Waals surface area (Å²) in [5.41, 5.74) is 0.709. The first kappa shape index (κ1) is 24.8. The van der Waals surface area contributed by atoms with Gasteiger partial charge in [0.15, 0.2) is 16.6 Å². The van der Waals surface area contributed by atoms with Gasteiger partial charge in [0.2, 0.25) is 0 Å². The zero-order valence-electron chi connectivity index (χ0n) is 18.6. The molecule has 3 rings (SSSR count). The maximum atomic E-state index is 13.6. The SMILES string of the molecule is CCCN(C)C(=O)c1cnc(N(C(=O)c2ccc(Cl)cc2Cl)c2ccc(OC)c(OC)c2)s1. The third kappa shape index (κ3) is 5.40. The van der Waals surface area contributed by atoms with Crippen molar-refractivity contribution in [3.8, 4) is 11.5 Å². The van der Waals surface area contributed by atoms with Gasteiger partial charge >= 0.3 is 0 Å². The number of thiazole rings is 1. The van der Waals surface area contributed by atoms with Crippen LogP contribution in [0.25, 0.3) is 0 Å². The Labute approximate surface area is 206 Å². The first-order chi connectivity index (χ1) is 15.8. The van der Waals surface area contributed by atoms with Crippen molar-refractivity contribution in [1.82, 2.24) is 9.88 Å². The minimum Gasteiger partial charge on any atom is -0.493 e. The van der Waals surface area contributed by atoms with Crippen LogP contribution >= 0.6 is 34.5 Å². The van der Waals surface area contributed by atoms with Crippen LogP contribution in [0.2, 0.25) is 10.0 Å². The number of anilines is 2. The fourth-order valence-corrected chi connectivity index (χ4v) is 4.57. The molecule has 0 saturated heterocycles. The van der Waals surface area contributed by atoms with E-state index in [9.17, 15) is 9.59 Å². The number of aromatic nitrogens is 1. The second-order valence-corrected chi connectivity index (χ2v) is 8.89. The third-order valence-electron chi connectivity index (χ3n) is 4.79. The number of amides is 2. The summed E-state index contributed by atoms with van der Waals surface area (Å²) < 4.78 is 10.7. The molecule has 0 atom stereocenters. The largest absolute Gasteiger partial charge is 0.493 e. The Morgan fingerprint density at radius 2 is 1.76 bits per heavy atom. The summed E-state index contributed by atoms with van der Waals surface area (Å²) in [4.78, 5) is 34.2. The zero-order chi connectivity index (χ0) is 24.1. The van der Waals surface area contributed by atoms with Crippen molar-refractivity contribution >= 4 is 57.2 Å². The number of halogens is 2. The Hall–Kier alpha value is -2.81. The topological polar surface area (TPSA) is 72.0 Å². The molecule has 0 aliphatic heterocycles. The molecule has 0 radical (unpaired) electrons. The lowest BCUT2D eigenvalue weighted by atomic mass is 10.1. The summed E-state index contributed by atoms with van der Waals surface area (Å²) >= 11 is 13.5. The average molecular weight is 508 g/mol. The molecule has 0 aliphatic rings. The van der Waals surface area contributed by atoms with E-state index in [0.717, 1.165) is 17.8 Å². The van der Waals surface area contributed by atoms with Gasteiger partial charge in [-0.15, -0.1) is 0 Å². The lowest BCUT2D eigenvalue weighted by molar-refractivity contribution is 0.0799. The van der Waals surface area contributed by atoms with Crippen molar-refractivity contribution < 1.29 is 19.1 Å². The van der Waals surface area contributed by atoms with Gasteiger partial charge in [0.05, 0.1) is 36.7 Å². The molecule has 10 heteroatoms. The van der Waals surface area contributed by atoms with Crippen LogP contribution in [0.1, 0.15) is 33.4 Å². The van der Waals surface area contributed by atoms with Gasteiger partial charge in [0.25, 0.3) is 11.8 Å². The predicted octanol–water partition coefficient (Wildman–Crippen LogP) is 5.93. The molecule has 0 fully saturated rings. The van der Waals surface area contributed by atoms with Crippen molar-refractivity contribution in [2.75, 3.05) is 32.7 Å². The van der Waals surface area contributed by atoms with Gasteiger partial charge < -0.3 is 14.4 Å². The van der Waals surface area contributed by atoms with Crippen molar-refractivity contribution in [2.45, 2.75) is 13.3 Å². The summed E-state index contributed by atoms with van der Waals surface area (Å²) in [5.74, 6) is 0.351. The quantitative estimate of drug-likeness (QED) is 0.377. The molecule has 0 N–H and O–H groups in total. The van der Waals surface area contributed by atoms with E-state index in [2.05, 4.69) is 4.98 Å². The molecule has 1 aromatic heterocycles. The summed E-state index contributed by atoms with van der Waals surface area (Å²) in [7, 11) is 4.77. The molecular weight excluding hydrogens is 485 g/mol. The highest BCUT2D eigenvalue weighted by atomic mass is 35.5. The maximum Gasteiger partial charge on any atom is 0.266 e.